The van der Waals surface area contributed by atoms with Crippen LogP contribution in [0.5, 0.6) is 11.5 Å². The van der Waals surface area contributed by atoms with E-state index in [-0.39, 0.29) is 19.1 Å². The Balaban J connectivity index is 1.90. The lowest BCUT2D eigenvalue weighted by atomic mass is 10.1. The Morgan fingerprint density at radius 1 is 1.00 bits per heavy atom. The van der Waals surface area contributed by atoms with Gasteiger partial charge in [0.05, 0.1) is 26.0 Å². The van der Waals surface area contributed by atoms with Gasteiger partial charge in [-0.15, -0.1) is 0 Å². The lowest BCUT2D eigenvalue weighted by molar-refractivity contribution is -0.153. The van der Waals surface area contributed by atoms with Crippen molar-refractivity contribution in [1.82, 2.24) is 0 Å². The molecule has 8 heteroatoms. The molecule has 0 heterocycles. The fourth-order valence-electron chi connectivity index (χ4n) is 2.70. The summed E-state index contributed by atoms with van der Waals surface area (Å²) in [5.41, 5.74) is 2.05. The van der Waals surface area contributed by atoms with E-state index >= 15 is 0 Å². The molecule has 0 saturated carbocycles. The monoisotopic (exact) mass is 417 g/mol. The van der Waals surface area contributed by atoms with Crippen LogP contribution < -0.4 is 14.8 Å². The largest absolute Gasteiger partial charge is 0.497 e. The summed E-state index contributed by atoms with van der Waals surface area (Å²) in [7, 11) is 3.04. The van der Waals surface area contributed by atoms with E-state index in [2.05, 4.69) is 5.32 Å². The first-order chi connectivity index (χ1) is 14.3. The molecule has 2 N–H and O–H groups in total. The van der Waals surface area contributed by atoms with Gasteiger partial charge in [0, 0.05) is 12.5 Å². The first-order valence-corrected chi connectivity index (χ1v) is 9.44. The van der Waals surface area contributed by atoms with Crippen molar-refractivity contribution in [3.63, 3.8) is 0 Å². The van der Waals surface area contributed by atoms with Gasteiger partial charge in [-0.25, -0.2) is 9.59 Å². The summed E-state index contributed by atoms with van der Waals surface area (Å²) < 4.78 is 21.0. The minimum absolute atomic E-state index is 0.0649. The fraction of sp³-hybridized carbons (Fsp3) is 0.364. The third kappa shape index (κ3) is 6.97. The van der Waals surface area contributed by atoms with Crippen LogP contribution in [-0.4, -0.2) is 43.6 Å². The summed E-state index contributed by atoms with van der Waals surface area (Å²) in [5, 5.41) is 11.9. The normalized spacial score (nSPS) is 11.6. The van der Waals surface area contributed by atoms with E-state index in [1.807, 2.05) is 0 Å². The van der Waals surface area contributed by atoms with E-state index in [0.29, 0.717) is 17.2 Å². The Labute approximate surface area is 175 Å². The minimum Gasteiger partial charge on any atom is -0.497 e. The Morgan fingerprint density at radius 3 is 2.23 bits per heavy atom. The topological polar surface area (TPSA) is 103 Å². The number of ether oxygens (including phenoxy) is 4. The number of carbonyl (C=O) groups is 2. The standard InChI is InChI=1S/C22H27NO7/c1-14(2)30-20(21(24)25)11-15-5-7-16(8-6-15)13-29-22(26)23-18-10-9-17(27-3)12-19(18)28-4/h5-10,12,14,20H,11,13H2,1-4H3,(H,23,26)(H,24,25). The highest BCUT2D eigenvalue weighted by Gasteiger charge is 2.20. The van der Waals surface area contributed by atoms with Crippen LogP contribution in [0.25, 0.3) is 0 Å². The first kappa shape index (κ1) is 23.0. The smallest absolute Gasteiger partial charge is 0.412 e. The number of carbonyl (C=O) groups excluding carboxylic acids is 1. The van der Waals surface area contributed by atoms with Gasteiger partial charge in [-0.05, 0) is 37.1 Å². The highest BCUT2D eigenvalue weighted by molar-refractivity contribution is 5.87. The van der Waals surface area contributed by atoms with Gasteiger partial charge in [-0.1, -0.05) is 24.3 Å². The number of carboxylic acid groups (broad SMARTS) is 1. The van der Waals surface area contributed by atoms with E-state index in [1.165, 1.54) is 7.11 Å². The number of methoxy groups -OCH3 is 2. The lowest BCUT2D eigenvalue weighted by Gasteiger charge is -2.16. The Morgan fingerprint density at radius 2 is 1.67 bits per heavy atom. The molecule has 2 aromatic rings. The molecule has 0 saturated heterocycles. The molecule has 0 aliphatic rings. The van der Waals surface area contributed by atoms with Gasteiger partial charge in [-0.2, -0.15) is 0 Å². The van der Waals surface area contributed by atoms with Crippen LogP contribution in [0.1, 0.15) is 25.0 Å². The number of nitrogens with one attached hydrogen (secondary N) is 1. The van der Waals surface area contributed by atoms with Crippen LogP contribution >= 0.6 is 0 Å². The van der Waals surface area contributed by atoms with Crippen molar-refractivity contribution in [3.05, 3.63) is 53.6 Å². The van der Waals surface area contributed by atoms with Gasteiger partial charge in [0.25, 0.3) is 0 Å². The predicted molar refractivity (Wildman–Crippen MR) is 111 cm³/mol. The lowest BCUT2D eigenvalue weighted by Crippen LogP contribution is -2.29. The summed E-state index contributed by atoms with van der Waals surface area (Å²) in [4.78, 5) is 23.4. The summed E-state index contributed by atoms with van der Waals surface area (Å²) in [5.74, 6) is 0.0591. The molecule has 8 nitrogen and oxygen atoms in total. The summed E-state index contributed by atoms with van der Waals surface area (Å²) >= 11 is 0. The molecule has 30 heavy (non-hydrogen) atoms. The maximum absolute atomic E-state index is 12.1. The zero-order chi connectivity index (χ0) is 22.1. The molecule has 2 rings (SSSR count). The second-order valence-electron chi connectivity index (χ2n) is 6.80. The van der Waals surface area contributed by atoms with Gasteiger partial charge in [0.1, 0.15) is 18.1 Å². The van der Waals surface area contributed by atoms with Crippen LogP contribution in [0.4, 0.5) is 10.5 Å². The van der Waals surface area contributed by atoms with E-state index in [0.717, 1.165) is 11.1 Å². The average molecular weight is 417 g/mol. The maximum atomic E-state index is 12.1. The van der Waals surface area contributed by atoms with Crippen molar-refractivity contribution in [1.29, 1.82) is 0 Å². The Bertz CT molecular complexity index is 849. The summed E-state index contributed by atoms with van der Waals surface area (Å²) in [6.07, 6.45) is -1.45. The molecule has 0 radical (unpaired) electrons. The van der Waals surface area contributed by atoms with Crippen LogP contribution in [0, 0.1) is 0 Å². The number of hydrogen-bond acceptors (Lipinski definition) is 6. The van der Waals surface area contributed by atoms with Crippen LogP contribution in [-0.2, 0) is 27.3 Å². The van der Waals surface area contributed by atoms with Crippen LogP contribution in [0.3, 0.4) is 0 Å². The third-order valence-corrected chi connectivity index (χ3v) is 4.17. The van der Waals surface area contributed by atoms with E-state index in [9.17, 15) is 14.7 Å². The number of anilines is 1. The van der Waals surface area contributed by atoms with Gasteiger partial charge in [0.2, 0.25) is 0 Å². The molecule has 0 aromatic heterocycles. The van der Waals surface area contributed by atoms with E-state index < -0.39 is 18.2 Å². The average Bonchev–Trinajstić information content (AvgIpc) is 2.72. The number of rotatable bonds is 10. The van der Waals surface area contributed by atoms with Crippen molar-refractivity contribution < 1.29 is 33.6 Å². The highest BCUT2D eigenvalue weighted by atomic mass is 16.5. The molecule has 2 aromatic carbocycles. The molecule has 0 aliphatic heterocycles. The van der Waals surface area contributed by atoms with E-state index in [1.54, 1.807) is 63.4 Å². The number of aliphatic carboxylic acids is 1. The Kier molecular flexibility index (Phi) is 8.49. The fourth-order valence-corrected chi connectivity index (χ4v) is 2.70. The van der Waals surface area contributed by atoms with Crippen molar-refractivity contribution >= 4 is 17.7 Å². The van der Waals surface area contributed by atoms with Crippen molar-refractivity contribution in [2.45, 2.75) is 39.1 Å². The molecule has 162 valence electrons. The molecule has 1 unspecified atom stereocenters. The molecular weight excluding hydrogens is 390 g/mol. The van der Waals surface area contributed by atoms with Crippen molar-refractivity contribution in [2.24, 2.45) is 0 Å². The minimum atomic E-state index is -0.998. The first-order valence-electron chi connectivity index (χ1n) is 9.44. The van der Waals surface area contributed by atoms with Gasteiger partial charge < -0.3 is 24.1 Å². The molecule has 1 atom stereocenters. The SMILES string of the molecule is COc1ccc(NC(=O)OCc2ccc(CC(OC(C)C)C(=O)O)cc2)c(OC)c1. The second kappa shape index (κ2) is 11.1. The van der Waals surface area contributed by atoms with Crippen LogP contribution in [0.15, 0.2) is 42.5 Å². The van der Waals surface area contributed by atoms with Crippen LogP contribution in [0.2, 0.25) is 0 Å². The number of amides is 1. The molecule has 0 spiro atoms. The predicted octanol–water partition coefficient (Wildman–Crippen LogP) is 3.87. The van der Waals surface area contributed by atoms with Gasteiger partial charge in [0.15, 0.2) is 6.10 Å². The third-order valence-electron chi connectivity index (χ3n) is 4.17. The highest BCUT2D eigenvalue weighted by Crippen LogP contribution is 2.29. The van der Waals surface area contributed by atoms with Crippen molar-refractivity contribution in [3.8, 4) is 11.5 Å². The second-order valence-corrected chi connectivity index (χ2v) is 6.80. The zero-order valence-corrected chi connectivity index (χ0v) is 17.5. The maximum Gasteiger partial charge on any atom is 0.412 e. The Hall–Kier alpha value is -3.26. The number of carboxylic acids is 1. The summed E-state index contributed by atoms with van der Waals surface area (Å²) in [6, 6.07) is 12.2. The number of hydrogen-bond donors (Lipinski definition) is 2. The van der Waals surface area contributed by atoms with Gasteiger partial charge >= 0.3 is 12.1 Å². The quantitative estimate of drug-likeness (QED) is 0.605. The molecule has 0 aliphatic carbocycles. The van der Waals surface area contributed by atoms with E-state index in [4.69, 9.17) is 18.9 Å². The molecule has 1 amide bonds. The number of benzene rings is 2. The molecule has 0 fully saturated rings. The van der Waals surface area contributed by atoms with Gasteiger partial charge in [-0.3, -0.25) is 5.32 Å². The molecular formula is C22H27NO7. The zero-order valence-electron chi connectivity index (χ0n) is 17.5. The summed E-state index contributed by atoms with van der Waals surface area (Å²) in [6.45, 7) is 3.65. The molecule has 0 bridgehead atoms. The van der Waals surface area contributed by atoms with Crippen molar-refractivity contribution in [2.75, 3.05) is 19.5 Å².